The molecule has 2 aromatic rings. The predicted molar refractivity (Wildman–Crippen MR) is 84.2 cm³/mol. The highest BCUT2D eigenvalue weighted by Crippen LogP contribution is 2.33. The van der Waals surface area contributed by atoms with Crippen LogP contribution in [0, 0.1) is 6.92 Å². The quantitative estimate of drug-likeness (QED) is 0.922. The lowest BCUT2D eigenvalue weighted by atomic mass is 9.99. The van der Waals surface area contributed by atoms with Crippen LogP contribution in [0.15, 0.2) is 50.7 Å². The Morgan fingerprint density at radius 3 is 2.65 bits per heavy atom. The molecule has 1 amide bonds. The van der Waals surface area contributed by atoms with Gasteiger partial charge < -0.3 is 9.52 Å². The van der Waals surface area contributed by atoms with Crippen molar-refractivity contribution < 1.29 is 14.3 Å². The van der Waals surface area contributed by atoms with Gasteiger partial charge in [-0.05, 0) is 12.5 Å². The Labute approximate surface area is 132 Å². The number of hydrazone groups is 1. The van der Waals surface area contributed by atoms with Crippen molar-refractivity contribution in [2.75, 3.05) is 0 Å². The molecule has 0 saturated heterocycles. The van der Waals surface area contributed by atoms with E-state index in [1.165, 1.54) is 18.0 Å². The van der Waals surface area contributed by atoms with E-state index in [1.54, 1.807) is 6.92 Å². The molecular weight excluding hydrogens is 296 g/mol. The molecule has 0 aliphatic carbocycles. The first-order valence-electron chi connectivity index (χ1n) is 7.23. The van der Waals surface area contributed by atoms with Gasteiger partial charge in [0.25, 0.3) is 0 Å². The smallest absolute Gasteiger partial charge is 0.348 e. The zero-order valence-corrected chi connectivity index (χ0v) is 12.8. The van der Waals surface area contributed by atoms with Crippen LogP contribution in [0.4, 0.5) is 0 Å². The van der Waals surface area contributed by atoms with E-state index in [-0.39, 0.29) is 23.3 Å². The zero-order chi connectivity index (χ0) is 16.6. The molecular formula is C17H16N2O4. The largest absolute Gasteiger partial charge is 0.507 e. The van der Waals surface area contributed by atoms with Crippen molar-refractivity contribution in [2.45, 2.75) is 26.3 Å². The van der Waals surface area contributed by atoms with Crippen molar-refractivity contribution >= 4 is 11.6 Å². The van der Waals surface area contributed by atoms with E-state index in [4.69, 9.17) is 4.42 Å². The van der Waals surface area contributed by atoms with E-state index in [1.807, 2.05) is 30.3 Å². The molecule has 23 heavy (non-hydrogen) atoms. The lowest BCUT2D eigenvalue weighted by Gasteiger charge is -2.20. The Morgan fingerprint density at radius 1 is 1.35 bits per heavy atom. The molecule has 118 valence electrons. The fourth-order valence-corrected chi connectivity index (χ4v) is 2.75. The summed E-state index contributed by atoms with van der Waals surface area (Å²) in [7, 11) is 0. The molecule has 1 aliphatic heterocycles. The molecule has 0 saturated carbocycles. The maximum absolute atomic E-state index is 12.1. The van der Waals surface area contributed by atoms with Crippen molar-refractivity contribution in [1.29, 1.82) is 0 Å². The summed E-state index contributed by atoms with van der Waals surface area (Å²) in [6.45, 7) is 3.00. The van der Waals surface area contributed by atoms with Crippen LogP contribution in [0.5, 0.6) is 5.75 Å². The number of hydrogen-bond acceptors (Lipinski definition) is 5. The van der Waals surface area contributed by atoms with Crippen molar-refractivity contribution in [3.8, 4) is 5.75 Å². The summed E-state index contributed by atoms with van der Waals surface area (Å²) < 4.78 is 5.04. The molecule has 0 bridgehead atoms. The third-order valence-corrected chi connectivity index (χ3v) is 3.76. The van der Waals surface area contributed by atoms with Gasteiger partial charge in [0.15, 0.2) is 0 Å². The second-order valence-electron chi connectivity index (χ2n) is 5.45. The number of carbonyl (C=O) groups excluding carboxylic acids is 1. The molecule has 6 nitrogen and oxygen atoms in total. The van der Waals surface area contributed by atoms with Crippen LogP contribution in [0.3, 0.4) is 0 Å². The normalized spacial score (nSPS) is 17.2. The summed E-state index contributed by atoms with van der Waals surface area (Å²) in [5, 5.41) is 15.7. The molecule has 0 spiro atoms. The van der Waals surface area contributed by atoms with Crippen LogP contribution in [-0.2, 0) is 4.79 Å². The number of amides is 1. The summed E-state index contributed by atoms with van der Waals surface area (Å²) in [6.07, 6.45) is 0.338. The van der Waals surface area contributed by atoms with Gasteiger partial charge in [-0.15, -0.1) is 0 Å². The lowest BCUT2D eigenvalue weighted by molar-refractivity contribution is -0.130. The van der Waals surface area contributed by atoms with Gasteiger partial charge in [0.2, 0.25) is 5.91 Å². The molecule has 1 aromatic carbocycles. The number of rotatable bonds is 2. The first kappa shape index (κ1) is 15.0. The van der Waals surface area contributed by atoms with Crippen LogP contribution in [0.2, 0.25) is 0 Å². The van der Waals surface area contributed by atoms with Gasteiger partial charge in [-0.3, -0.25) is 4.79 Å². The molecule has 0 unspecified atom stereocenters. The van der Waals surface area contributed by atoms with Crippen molar-refractivity contribution in [1.82, 2.24) is 5.01 Å². The average Bonchev–Trinajstić information content (AvgIpc) is 2.92. The minimum Gasteiger partial charge on any atom is -0.507 e. The summed E-state index contributed by atoms with van der Waals surface area (Å²) in [6, 6.07) is 10.5. The molecule has 0 radical (unpaired) electrons. The van der Waals surface area contributed by atoms with E-state index in [0.29, 0.717) is 17.9 Å². The molecule has 1 N–H and O–H groups in total. The molecule has 3 rings (SSSR count). The molecule has 1 aromatic heterocycles. The fraction of sp³-hybridized carbons (Fsp3) is 0.235. The Morgan fingerprint density at radius 2 is 2.04 bits per heavy atom. The first-order chi connectivity index (χ1) is 11.0. The minimum absolute atomic E-state index is 0.0141. The number of aromatic hydroxyl groups is 1. The van der Waals surface area contributed by atoms with Gasteiger partial charge in [-0.2, -0.15) is 5.10 Å². The molecule has 6 heteroatoms. The van der Waals surface area contributed by atoms with Crippen LogP contribution in [0.1, 0.15) is 36.3 Å². The van der Waals surface area contributed by atoms with E-state index >= 15 is 0 Å². The number of aryl methyl sites for hydroxylation is 1. The number of hydrogen-bond donors (Lipinski definition) is 1. The fourth-order valence-electron chi connectivity index (χ4n) is 2.75. The van der Waals surface area contributed by atoms with E-state index < -0.39 is 5.63 Å². The Balaban J connectivity index is 2.05. The average molecular weight is 312 g/mol. The third-order valence-electron chi connectivity index (χ3n) is 3.76. The topological polar surface area (TPSA) is 83.1 Å². The van der Waals surface area contributed by atoms with Gasteiger partial charge in [-0.1, -0.05) is 30.3 Å². The van der Waals surface area contributed by atoms with Gasteiger partial charge in [0, 0.05) is 19.4 Å². The van der Waals surface area contributed by atoms with Crippen LogP contribution < -0.4 is 5.63 Å². The van der Waals surface area contributed by atoms with Crippen molar-refractivity contribution in [3.63, 3.8) is 0 Å². The first-order valence-corrected chi connectivity index (χ1v) is 7.23. The minimum atomic E-state index is -0.654. The Hall–Kier alpha value is -2.89. The molecule has 1 atom stereocenters. The lowest BCUT2D eigenvalue weighted by Crippen LogP contribution is -2.24. The highest BCUT2D eigenvalue weighted by Gasteiger charge is 2.33. The maximum Gasteiger partial charge on any atom is 0.348 e. The zero-order valence-electron chi connectivity index (χ0n) is 12.8. The van der Waals surface area contributed by atoms with E-state index in [2.05, 4.69) is 5.10 Å². The van der Waals surface area contributed by atoms with Gasteiger partial charge in [0.05, 0.1) is 11.8 Å². The maximum atomic E-state index is 12.1. The number of benzene rings is 1. The number of nitrogens with zero attached hydrogens (tertiary/aromatic N) is 2. The molecule has 2 heterocycles. The van der Waals surface area contributed by atoms with E-state index in [0.717, 1.165) is 5.56 Å². The van der Waals surface area contributed by atoms with Crippen LogP contribution in [0.25, 0.3) is 0 Å². The van der Waals surface area contributed by atoms with Crippen LogP contribution in [-0.4, -0.2) is 21.7 Å². The van der Waals surface area contributed by atoms with Crippen LogP contribution >= 0.6 is 0 Å². The van der Waals surface area contributed by atoms with Gasteiger partial charge >= 0.3 is 5.63 Å². The van der Waals surface area contributed by atoms with Gasteiger partial charge in [-0.25, -0.2) is 9.80 Å². The molecule has 0 fully saturated rings. The van der Waals surface area contributed by atoms with Gasteiger partial charge in [0.1, 0.15) is 17.1 Å². The van der Waals surface area contributed by atoms with E-state index in [9.17, 15) is 14.7 Å². The Kier molecular flexibility index (Phi) is 3.73. The summed E-state index contributed by atoms with van der Waals surface area (Å²) in [5.74, 6) is -0.0996. The third kappa shape index (κ3) is 2.75. The highest BCUT2D eigenvalue weighted by molar-refractivity contribution is 6.04. The van der Waals surface area contributed by atoms with Crippen molar-refractivity contribution in [2.24, 2.45) is 5.10 Å². The molecule has 1 aliphatic rings. The standard InChI is InChI=1S/C17H16N2O4/c1-10-8-15(21)16(17(22)23-10)13-9-14(19(18-13)11(2)20)12-6-4-3-5-7-12/h3-8,14,21H,9H2,1-2H3/t14-/m0/s1. The predicted octanol–water partition coefficient (Wildman–Crippen LogP) is 2.35. The SMILES string of the molecule is CC(=O)N1N=C(c2c(O)cc(C)oc2=O)C[C@H]1c1ccccc1. The monoisotopic (exact) mass is 312 g/mol. The second-order valence-corrected chi connectivity index (χ2v) is 5.45. The summed E-state index contributed by atoms with van der Waals surface area (Å²) in [5.41, 5.74) is 0.622. The van der Waals surface area contributed by atoms with Crippen molar-refractivity contribution in [3.05, 3.63) is 63.7 Å². The summed E-state index contributed by atoms with van der Waals surface area (Å²) >= 11 is 0. The second kappa shape index (κ2) is 5.72. The summed E-state index contributed by atoms with van der Waals surface area (Å²) in [4.78, 5) is 23.9. The number of carbonyl (C=O) groups is 1. The Bertz CT molecular complexity index is 839. The highest BCUT2D eigenvalue weighted by atomic mass is 16.4.